The van der Waals surface area contributed by atoms with Gasteiger partial charge >= 0.3 is 0 Å². The quantitative estimate of drug-likeness (QED) is 0.549. The molecule has 3 heteroatoms. The Balaban J connectivity index is 3.35. The minimum atomic E-state index is 0.366. The number of hydrogen-bond donors (Lipinski definition) is 1. The topological polar surface area (TPSA) is 38.5 Å². The number of rotatable bonds is 3. The van der Waals surface area contributed by atoms with Crippen molar-refractivity contribution >= 4 is 0 Å². The molecular weight excluding hydrogens is 104 g/mol. The normalized spacial score (nSPS) is 11.2. The Morgan fingerprint density at radius 1 is 1.62 bits per heavy atom. The summed E-state index contributed by atoms with van der Waals surface area (Å²) < 4.78 is 0. The van der Waals surface area contributed by atoms with Gasteiger partial charge in [-0.15, -0.1) is 0 Å². The van der Waals surface area contributed by atoms with Crippen LogP contribution < -0.4 is 5.90 Å². The first kappa shape index (κ1) is 7.88. The summed E-state index contributed by atoms with van der Waals surface area (Å²) in [5.41, 5.74) is 0. The third-order valence-electron chi connectivity index (χ3n) is 1.02. The van der Waals surface area contributed by atoms with E-state index in [9.17, 15) is 0 Å². The third-order valence-corrected chi connectivity index (χ3v) is 1.02. The summed E-state index contributed by atoms with van der Waals surface area (Å²) in [6, 6.07) is 0.366. The zero-order valence-electron chi connectivity index (χ0n) is 5.72. The van der Waals surface area contributed by atoms with Crippen molar-refractivity contribution in [3.05, 3.63) is 0 Å². The summed E-state index contributed by atoms with van der Waals surface area (Å²) in [5.74, 6) is 4.91. The maximum absolute atomic E-state index is 4.91. The first-order chi connectivity index (χ1) is 3.72. The fourth-order valence-electron chi connectivity index (χ4n) is 0.561. The molecule has 0 radical (unpaired) electrons. The van der Waals surface area contributed by atoms with Crippen LogP contribution in [0.25, 0.3) is 0 Å². The Kier molecular flexibility index (Phi) is 3.77. The third kappa shape index (κ3) is 2.26. The van der Waals surface area contributed by atoms with E-state index in [1.807, 2.05) is 20.8 Å². The van der Waals surface area contributed by atoms with Gasteiger partial charge in [0.05, 0.1) is 0 Å². The van der Waals surface area contributed by atoms with Gasteiger partial charge in [-0.25, -0.2) is 4.94 Å². The van der Waals surface area contributed by atoms with Gasteiger partial charge < -0.3 is 0 Å². The molecule has 0 spiro atoms. The van der Waals surface area contributed by atoms with E-state index in [1.165, 1.54) is 0 Å². The van der Waals surface area contributed by atoms with Crippen LogP contribution in [0.15, 0.2) is 0 Å². The molecule has 0 saturated carbocycles. The van der Waals surface area contributed by atoms with Crippen LogP contribution in [0.3, 0.4) is 0 Å². The molecule has 3 nitrogen and oxygen atoms in total. The molecule has 0 aromatic heterocycles. The van der Waals surface area contributed by atoms with E-state index in [0.717, 1.165) is 6.54 Å². The minimum Gasteiger partial charge on any atom is -0.214 e. The molecule has 0 unspecified atom stereocenters. The van der Waals surface area contributed by atoms with Gasteiger partial charge in [0.1, 0.15) is 0 Å². The van der Waals surface area contributed by atoms with Crippen LogP contribution in [0.4, 0.5) is 0 Å². The second kappa shape index (κ2) is 3.83. The summed E-state index contributed by atoms with van der Waals surface area (Å²) >= 11 is 0. The Bertz CT molecular complexity index is 52.4. The van der Waals surface area contributed by atoms with E-state index >= 15 is 0 Å². The van der Waals surface area contributed by atoms with Crippen LogP contribution in [0.5, 0.6) is 0 Å². The minimum absolute atomic E-state index is 0.366. The number of nitrogens with zero attached hydrogens (tertiary/aromatic N) is 1. The van der Waals surface area contributed by atoms with Gasteiger partial charge in [0, 0.05) is 12.6 Å². The molecular formula is C5H14N2O. The lowest BCUT2D eigenvalue weighted by Crippen LogP contribution is -2.33. The first-order valence-corrected chi connectivity index (χ1v) is 2.85. The number of hydroxylamine groups is 2. The van der Waals surface area contributed by atoms with Crippen LogP contribution in [0, 0.1) is 0 Å². The molecule has 0 fully saturated rings. The molecule has 0 heterocycles. The summed E-state index contributed by atoms with van der Waals surface area (Å²) in [7, 11) is 0. The maximum atomic E-state index is 4.91. The monoisotopic (exact) mass is 118 g/mol. The van der Waals surface area contributed by atoms with Gasteiger partial charge in [0.15, 0.2) is 0 Å². The van der Waals surface area contributed by atoms with Gasteiger partial charge in [-0.2, -0.15) is 11.0 Å². The zero-order chi connectivity index (χ0) is 6.57. The highest BCUT2D eigenvalue weighted by molar-refractivity contribution is 4.46. The predicted molar refractivity (Wildman–Crippen MR) is 32.8 cm³/mol. The summed E-state index contributed by atoms with van der Waals surface area (Å²) in [5, 5.41) is 1.69. The molecule has 0 aliphatic rings. The van der Waals surface area contributed by atoms with E-state index in [0.29, 0.717) is 6.04 Å². The van der Waals surface area contributed by atoms with Crippen molar-refractivity contribution < 1.29 is 4.94 Å². The van der Waals surface area contributed by atoms with Crippen LogP contribution in [-0.2, 0) is 4.94 Å². The molecule has 0 atom stereocenters. The van der Waals surface area contributed by atoms with Crippen molar-refractivity contribution in [2.75, 3.05) is 6.54 Å². The van der Waals surface area contributed by atoms with Gasteiger partial charge in [-0.1, -0.05) is 6.92 Å². The van der Waals surface area contributed by atoms with Gasteiger partial charge in [-0.3, -0.25) is 0 Å². The van der Waals surface area contributed by atoms with Crippen LogP contribution >= 0.6 is 0 Å². The van der Waals surface area contributed by atoms with Crippen molar-refractivity contribution in [1.82, 2.24) is 5.06 Å². The zero-order valence-corrected chi connectivity index (χ0v) is 5.72. The Hall–Kier alpha value is -0.120. The van der Waals surface area contributed by atoms with Crippen LogP contribution in [-0.4, -0.2) is 17.6 Å². The highest BCUT2D eigenvalue weighted by Gasteiger charge is 2.03. The van der Waals surface area contributed by atoms with E-state index in [1.54, 1.807) is 5.06 Å². The highest BCUT2D eigenvalue weighted by Crippen LogP contribution is 1.93. The second-order valence-electron chi connectivity index (χ2n) is 1.93. The van der Waals surface area contributed by atoms with E-state index in [4.69, 9.17) is 5.90 Å². The van der Waals surface area contributed by atoms with E-state index in [2.05, 4.69) is 4.94 Å². The highest BCUT2D eigenvalue weighted by atomic mass is 16.8. The smallest absolute Gasteiger partial charge is 0.0315 e. The Labute approximate surface area is 50.3 Å². The molecule has 0 bridgehead atoms. The van der Waals surface area contributed by atoms with E-state index < -0.39 is 0 Å². The molecule has 0 rings (SSSR count). The number of hydrogen-bond acceptors (Lipinski definition) is 3. The van der Waals surface area contributed by atoms with Crippen molar-refractivity contribution in [1.29, 1.82) is 0 Å². The molecule has 50 valence electrons. The summed E-state index contributed by atoms with van der Waals surface area (Å²) in [6.45, 7) is 6.87. The lowest BCUT2D eigenvalue weighted by molar-refractivity contribution is -0.180. The van der Waals surface area contributed by atoms with Crippen molar-refractivity contribution in [2.24, 2.45) is 5.90 Å². The Morgan fingerprint density at radius 3 is 2.12 bits per heavy atom. The SMILES string of the molecule is CCN(ON)C(C)C. The molecule has 0 aromatic carbocycles. The molecule has 8 heavy (non-hydrogen) atoms. The van der Waals surface area contributed by atoms with Gasteiger partial charge in [0.2, 0.25) is 0 Å². The maximum Gasteiger partial charge on any atom is 0.0315 e. The first-order valence-electron chi connectivity index (χ1n) is 2.85. The second-order valence-corrected chi connectivity index (χ2v) is 1.93. The van der Waals surface area contributed by atoms with Gasteiger partial charge in [-0.05, 0) is 13.8 Å². The predicted octanol–water partition coefficient (Wildman–Crippen LogP) is 0.522. The Morgan fingerprint density at radius 2 is 2.12 bits per heavy atom. The molecule has 0 aromatic rings. The molecule has 0 aliphatic heterocycles. The summed E-state index contributed by atoms with van der Waals surface area (Å²) in [6.07, 6.45) is 0. The fourth-order valence-corrected chi connectivity index (χ4v) is 0.561. The van der Waals surface area contributed by atoms with Gasteiger partial charge in [0.25, 0.3) is 0 Å². The average molecular weight is 118 g/mol. The average Bonchev–Trinajstić information content (AvgIpc) is 1.69. The summed E-state index contributed by atoms with van der Waals surface area (Å²) in [4.78, 5) is 4.49. The van der Waals surface area contributed by atoms with Crippen LogP contribution in [0.1, 0.15) is 20.8 Å². The van der Waals surface area contributed by atoms with Crippen LogP contribution in [0.2, 0.25) is 0 Å². The van der Waals surface area contributed by atoms with Crippen molar-refractivity contribution in [3.63, 3.8) is 0 Å². The largest absolute Gasteiger partial charge is 0.214 e. The molecule has 0 amide bonds. The lowest BCUT2D eigenvalue weighted by atomic mass is 10.4. The van der Waals surface area contributed by atoms with Crippen molar-refractivity contribution in [2.45, 2.75) is 26.8 Å². The molecule has 2 N–H and O–H groups in total. The molecule has 0 aliphatic carbocycles. The van der Waals surface area contributed by atoms with E-state index in [-0.39, 0.29) is 0 Å². The van der Waals surface area contributed by atoms with Crippen molar-refractivity contribution in [3.8, 4) is 0 Å². The standard InChI is InChI=1S/C5H14N2O/c1-4-7(8-6)5(2)3/h5H,4,6H2,1-3H3. The fraction of sp³-hybridized carbons (Fsp3) is 1.00. The molecule has 0 saturated heterocycles. The number of nitrogens with two attached hydrogens (primary N) is 1. The lowest BCUT2D eigenvalue weighted by Gasteiger charge is -2.19.